The standard InChI is InChI=1S/C18H18ClN3O5/c1-11(2)10-27-18(24)21-13-5-3-4-12(8-13)20-17(23)15-7-6-14(22(25)26)9-16(15)19/h3-9,11H,10H2,1-2H3,(H,20,23)(H,21,24). The second-order valence-electron chi connectivity index (χ2n) is 6.07. The Bertz CT molecular complexity index is 870. The van der Waals surface area contributed by atoms with E-state index >= 15 is 0 Å². The fourth-order valence-electron chi connectivity index (χ4n) is 2.07. The Labute approximate surface area is 160 Å². The zero-order valence-corrected chi connectivity index (χ0v) is 15.4. The van der Waals surface area contributed by atoms with Gasteiger partial charge in [-0.05, 0) is 30.2 Å². The molecule has 2 aromatic carbocycles. The topological polar surface area (TPSA) is 111 Å². The molecule has 0 bridgehead atoms. The molecule has 2 rings (SSSR count). The number of ether oxygens (including phenoxy) is 1. The van der Waals surface area contributed by atoms with Gasteiger partial charge in [-0.1, -0.05) is 31.5 Å². The highest BCUT2D eigenvalue weighted by molar-refractivity contribution is 6.34. The summed E-state index contributed by atoms with van der Waals surface area (Å²) in [5, 5.41) is 15.9. The number of halogens is 1. The molecule has 0 unspecified atom stereocenters. The number of amides is 2. The molecule has 0 saturated carbocycles. The minimum atomic E-state index is -0.596. The molecule has 0 aromatic heterocycles. The third-order valence-corrected chi connectivity index (χ3v) is 3.64. The summed E-state index contributed by atoms with van der Waals surface area (Å²) < 4.78 is 5.03. The van der Waals surface area contributed by atoms with Crippen LogP contribution >= 0.6 is 11.6 Å². The van der Waals surface area contributed by atoms with Gasteiger partial charge in [0, 0.05) is 23.5 Å². The van der Waals surface area contributed by atoms with E-state index in [2.05, 4.69) is 10.6 Å². The van der Waals surface area contributed by atoms with Crippen LogP contribution in [0.1, 0.15) is 24.2 Å². The molecule has 0 aliphatic rings. The van der Waals surface area contributed by atoms with Crippen LogP contribution in [0.2, 0.25) is 5.02 Å². The number of benzene rings is 2. The normalized spacial score (nSPS) is 10.4. The van der Waals surface area contributed by atoms with Crippen molar-refractivity contribution in [2.24, 2.45) is 5.92 Å². The average Bonchev–Trinajstić information content (AvgIpc) is 2.60. The molecule has 0 radical (unpaired) electrons. The van der Waals surface area contributed by atoms with Gasteiger partial charge >= 0.3 is 6.09 Å². The van der Waals surface area contributed by atoms with Gasteiger partial charge in [-0.15, -0.1) is 0 Å². The average molecular weight is 392 g/mol. The van der Waals surface area contributed by atoms with E-state index in [0.717, 1.165) is 6.07 Å². The Kier molecular flexibility index (Phi) is 6.73. The number of carbonyl (C=O) groups is 2. The van der Waals surface area contributed by atoms with Crippen LogP contribution in [0.5, 0.6) is 0 Å². The van der Waals surface area contributed by atoms with Crippen molar-refractivity contribution in [1.29, 1.82) is 0 Å². The van der Waals surface area contributed by atoms with Gasteiger partial charge in [-0.25, -0.2) is 4.79 Å². The summed E-state index contributed by atoms with van der Waals surface area (Å²) in [6.45, 7) is 4.14. The Morgan fingerprint density at radius 3 is 2.41 bits per heavy atom. The molecular weight excluding hydrogens is 374 g/mol. The van der Waals surface area contributed by atoms with Crippen LogP contribution in [-0.2, 0) is 4.74 Å². The summed E-state index contributed by atoms with van der Waals surface area (Å²) >= 11 is 5.96. The van der Waals surface area contributed by atoms with E-state index in [9.17, 15) is 19.7 Å². The molecule has 8 nitrogen and oxygen atoms in total. The lowest BCUT2D eigenvalue weighted by molar-refractivity contribution is -0.384. The molecule has 9 heteroatoms. The van der Waals surface area contributed by atoms with Crippen LogP contribution < -0.4 is 10.6 Å². The largest absolute Gasteiger partial charge is 0.449 e. The van der Waals surface area contributed by atoms with Crippen molar-refractivity contribution in [2.45, 2.75) is 13.8 Å². The fraction of sp³-hybridized carbons (Fsp3) is 0.222. The number of non-ortho nitro benzene ring substituents is 1. The lowest BCUT2D eigenvalue weighted by Crippen LogP contribution is -2.17. The highest BCUT2D eigenvalue weighted by Crippen LogP contribution is 2.24. The predicted molar refractivity (Wildman–Crippen MR) is 102 cm³/mol. The van der Waals surface area contributed by atoms with E-state index in [1.807, 2.05) is 13.8 Å². The van der Waals surface area contributed by atoms with Crippen molar-refractivity contribution in [3.8, 4) is 0 Å². The minimum absolute atomic E-state index is 0.0340. The molecule has 0 aliphatic heterocycles. The van der Waals surface area contributed by atoms with E-state index in [1.165, 1.54) is 12.1 Å². The summed E-state index contributed by atoms with van der Waals surface area (Å²) in [5.41, 5.74) is 0.743. The Balaban J connectivity index is 2.06. The number of nitro groups is 1. The van der Waals surface area contributed by atoms with Gasteiger partial charge in [0.1, 0.15) is 0 Å². The maximum atomic E-state index is 12.3. The summed E-state index contributed by atoms with van der Waals surface area (Å²) in [6, 6.07) is 10.1. The van der Waals surface area contributed by atoms with E-state index in [0.29, 0.717) is 18.0 Å². The molecule has 2 amide bonds. The zero-order chi connectivity index (χ0) is 20.0. The molecule has 0 aliphatic carbocycles. The number of hydrogen-bond acceptors (Lipinski definition) is 5. The molecule has 0 heterocycles. The van der Waals surface area contributed by atoms with Gasteiger partial charge < -0.3 is 10.1 Å². The summed E-state index contributed by atoms with van der Waals surface area (Å²) in [6.07, 6.45) is -0.592. The second-order valence-corrected chi connectivity index (χ2v) is 6.48. The SMILES string of the molecule is CC(C)COC(=O)Nc1cccc(NC(=O)c2ccc([N+](=O)[O-])cc2Cl)c1. The number of rotatable bonds is 6. The van der Waals surface area contributed by atoms with Crippen LogP contribution in [0, 0.1) is 16.0 Å². The molecule has 2 aromatic rings. The number of anilines is 2. The lowest BCUT2D eigenvalue weighted by atomic mass is 10.2. The van der Waals surface area contributed by atoms with Crippen molar-refractivity contribution in [3.05, 3.63) is 63.2 Å². The van der Waals surface area contributed by atoms with Crippen molar-refractivity contribution < 1.29 is 19.2 Å². The van der Waals surface area contributed by atoms with Gasteiger partial charge in [0.15, 0.2) is 0 Å². The number of nitro benzene ring substituents is 1. The van der Waals surface area contributed by atoms with Crippen molar-refractivity contribution in [1.82, 2.24) is 0 Å². The Hall–Kier alpha value is -3.13. The fourth-order valence-corrected chi connectivity index (χ4v) is 2.33. The molecule has 27 heavy (non-hydrogen) atoms. The maximum Gasteiger partial charge on any atom is 0.411 e. The van der Waals surface area contributed by atoms with E-state index in [1.54, 1.807) is 24.3 Å². The second kappa shape index (κ2) is 9.00. The highest BCUT2D eigenvalue weighted by Gasteiger charge is 2.15. The molecule has 0 spiro atoms. The number of nitrogens with zero attached hydrogens (tertiary/aromatic N) is 1. The Morgan fingerprint density at radius 2 is 1.81 bits per heavy atom. The third kappa shape index (κ3) is 5.96. The van der Waals surface area contributed by atoms with Gasteiger partial charge in [0.2, 0.25) is 0 Å². The van der Waals surface area contributed by atoms with Gasteiger partial charge in [-0.2, -0.15) is 0 Å². The van der Waals surface area contributed by atoms with E-state index < -0.39 is 16.9 Å². The first-order valence-corrected chi connectivity index (χ1v) is 8.43. The third-order valence-electron chi connectivity index (χ3n) is 3.32. The van der Waals surface area contributed by atoms with Crippen molar-refractivity contribution >= 4 is 40.7 Å². The van der Waals surface area contributed by atoms with Crippen LogP contribution in [0.25, 0.3) is 0 Å². The molecule has 2 N–H and O–H groups in total. The van der Waals surface area contributed by atoms with Crippen LogP contribution in [-0.4, -0.2) is 23.5 Å². The zero-order valence-electron chi connectivity index (χ0n) is 14.7. The first-order valence-electron chi connectivity index (χ1n) is 8.05. The summed E-state index contributed by atoms with van der Waals surface area (Å²) in [7, 11) is 0. The molecule has 0 saturated heterocycles. The van der Waals surface area contributed by atoms with Gasteiger partial charge in [-0.3, -0.25) is 20.2 Å². The van der Waals surface area contributed by atoms with Gasteiger partial charge in [0.05, 0.1) is 22.1 Å². The van der Waals surface area contributed by atoms with Crippen molar-refractivity contribution in [3.63, 3.8) is 0 Å². The Morgan fingerprint density at radius 1 is 1.15 bits per heavy atom. The smallest absolute Gasteiger partial charge is 0.411 e. The molecule has 142 valence electrons. The van der Waals surface area contributed by atoms with E-state index in [4.69, 9.17) is 16.3 Å². The molecule has 0 fully saturated rings. The van der Waals surface area contributed by atoms with Crippen LogP contribution in [0.4, 0.5) is 21.9 Å². The number of hydrogen-bond donors (Lipinski definition) is 2. The van der Waals surface area contributed by atoms with E-state index in [-0.39, 0.29) is 22.2 Å². The highest BCUT2D eigenvalue weighted by atomic mass is 35.5. The predicted octanol–water partition coefficient (Wildman–Crippen LogP) is 4.71. The minimum Gasteiger partial charge on any atom is -0.449 e. The molecular formula is C18H18ClN3O5. The number of nitrogens with one attached hydrogen (secondary N) is 2. The quantitative estimate of drug-likeness (QED) is 0.547. The maximum absolute atomic E-state index is 12.3. The first-order chi connectivity index (χ1) is 12.8. The van der Waals surface area contributed by atoms with Crippen LogP contribution in [0.15, 0.2) is 42.5 Å². The summed E-state index contributed by atoms with van der Waals surface area (Å²) in [5.74, 6) is -0.317. The first kappa shape index (κ1) is 20.2. The van der Waals surface area contributed by atoms with Crippen LogP contribution in [0.3, 0.4) is 0 Å². The van der Waals surface area contributed by atoms with Gasteiger partial charge in [0.25, 0.3) is 11.6 Å². The summed E-state index contributed by atoms with van der Waals surface area (Å²) in [4.78, 5) is 34.2. The number of carbonyl (C=O) groups excluding carboxylic acids is 2. The monoisotopic (exact) mass is 391 g/mol. The molecule has 0 atom stereocenters. The van der Waals surface area contributed by atoms with Crippen molar-refractivity contribution in [2.75, 3.05) is 17.2 Å². The lowest BCUT2D eigenvalue weighted by Gasteiger charge is -2.11.